The Labute approximate surface area is 149 Å². The standard InChI is InChI=1S/C17H23N3O2S2/c1-3-20(4-2)14(21)10-23-9-13-18-16(22)15-11-7-5-6-8-12(11)24-17(15)19-13/h3-10H2,1-2H3,(H,18,19,22). The van der Waals surface area contributed by atoms with Gasteiger partial charge in [0.2, 0.25) is 5.91 Å². The number of amides is 1. The second-order valence-corrected chi connectivity index (χ2v) is 8.03. The molecule has 0 aromatic carbocycles. The summed E-state index contributed by atoms with van der Waals surface area (Å²) in [6.07, 6.45) is 4.42. The van der Waals surface area contributed by atoms with E-state index in [1.54, 1.807) is 11.3 Å². The van der Waals surface area contributed by atoms with Crippen molar-refractivity contribution in [1.82, 2.24) is 14.9 Å². The zero-order chi connectivity index (χ0) is 17.1. The van der Waals surface area contributed by atoms with Gasteiger partial charge in [0.05, 0.1) is 16.9 Å². The lowest BCUT2D eigenvalue weighted by Gasteiger charge is -2.18. The minimum atomic E-state index is -0.0231. The first-order chi connectivity index (χ1) is 11.6. The number of hydrogen-bond acceptors (Lipinski definition) is 5. The molecule has 1 N–H and O–H groups in total. The molecule has 0 atom stereocenters. The fourth-order valence-corrected chi connectivity index (χ4v) is 5.25. The number of hydrogen-bond donors (Lipinski definition) is 1. The Hall–Kier alpha value is -1.34. The summed E-state index contributed by atoms with van der Waals surface area (Å²) in [6.45, 7) is 5.44. The van der Waals surface area contributed by atoms with Crippen LogP contribution in [0, 0.1) is 0 Å². The van der Waals surface area contributed by atoms with E-state index in [9.17, 15) is 9.59 Å². The molecule has 5 nitrogen and oxygen atoms in total. The van der Waals surface area contributed by atoms with Crippen molar-refractivity contribution in [2.45, 2.75) is 45.3 Å². The summed E-state index contributed by atoms with van der Waals surface area (Å²) in [6, 6.07) is 0. The van der Waals surface area contributed by atoms with Crippen molar-refractivity contribution in [3.05, 3.63) is 26.6 Å². The first-order valence-electron chi connectivity index (χ1n) is 8.53. The summed E-state index contributed by atoms with van der Waals surface area (Å²) in [7, 11) is 0. The van der Waals surface area contributed by atoms with E-state index < -0.39 is 0 Å². The number of nitrogens with zero attached hydrogens (tertiary/aromatic N) is 2. The SMILES string of the molecule is CCN(CC)C(=O)CSCc1nc2sc3c(c2c(=O)[nH]1)CCCC3. The van der Waals surface area contributed by atoms with Crippen molar-refractivity contribution in [1.29, 1.82) is 0 Å². The third-order valence-electron chi connectivity index (χ3n) is 4.45. The van der Waals surface area contributed by atoms with E-state index in [1.807, 2.05) is 18.7 Å². The number of H-pyrrole nitrogens is 1. The number of nitrogens with one attached hydrogen (secondary N) is 1. The second-order valence-electron chi connectivity index (χ2n) is 5.96. The zero-order valence-corrected chi connectivity index (χ0v) is 15.8. The maximum absolute atomic E-state index is 12.5. The third-order valence-corrected chi connectivity index (χ3v) is 6.57. The van der Waals surface area contributed by atoms with Crippen molar-refractivity contribution in [3.63, 3.8) is 0 Å². The van der Waals surface area contributed by atoms with E-state index >= 15 is 0 Å². The highest BCUT2D eigenvalue weighted by molar-refractivity contribution is 7.99. The van der Waals surface area contributed by atoms with E-state index in [0.717, 1.165) is 42.6 Å². The summed E-state index contributed by atoms with van der Waals surface area (Å²) in [5.41, 5.74) is 1.19. The van der Waals surface area contributed by atoms with E-state index in [4.69, 9.17) is 0 Å². The molecule has 24 heavy (non-hydrogen) atoms. The molecule has 0 radical (unpaired) electrons. The fraction of sp³-hybridized carbons (Fsp3) is 0.588. The molecule has 0 spiro atoms. The highest BCUT2D eigenvalue weighted by Crippen LogP contribution is 2.33. The summed E-state index contributed by atoms with van der Waals surface area (Å²) < 4.78 is 0. The molecular formula is C17H23N3O2S2. The highest BCUT2D eigenvalue weighted by Gasteiger charge is 2.19. The molecule has 3 rings (SSSR count). The van der Waals surface area contributed by atoms with Crippen LogP contribution >= 0.6 is 23.1 Å². The van der Waals surface area contributed by atoms with Gasteiger partial charge in [0.25, 0.3) is 5.56 Å². The fourth-order valence-electron chi connectivity index (χ4n) is 3.18. The molecule has 130 valence electrons. The van der Waals surface area contributed by atoms with Gasteiger partial charge < -0.3 is 9.88 Å². The van der Waals surface area contributed by atoms with Gasteiger partial charge >= 0.3 is 0 Å². The quantitative estimate of drug-likeness (QED) is 0.855. The van der Waals surface area contributed by atoms with Crippen LogP contribution in [-0.2, 0) is 23.4 Å². The van der Waals surface area contributed by atoms with Crippen LogP contribution < -0.4 is 5.56 Å². The Bertz CT molecular complexity index is 793. The molecule has 0 saturated heterocycles. The molecule has 2 aromatic rings. The lowest BCUT2D eigenvalue weighted by atomic mass is 9.97. The lowest BCUT2D eigenvalue weighted by Crippen LogP contribution is -2.31. The molecule has 7 heteroatoms. The van der Waals surface area contributed by atoms with Crippen molar-refractivity contribution in [2.24, 2.45) is 0 Å². The van der Waals surface area contributed by atoms with Crippen molar-refractivity contribution >= 4 is 39.2 Å². The molecule has 1 amide bonds. The van der Waals surface area contributed by atoms with Crippen LogP contribution in [0.2, 0.25) is 0 Å². The average molecular weight is 366 g/mol. The topological polar surface area (TPSA) is 66.1 Å². The van der Waals surface area contributed by atoms with Crippen LogP contribution in [0.15, 0.2) is 4.79 Å². The summed E-state index contributed by atoms with van der Waals surface area (Å²) in [5, 5.41) is 0.794. The largest absolute Gasteiger partial charge is 0.343 e. The van der Waals surface area contributed by atoms with Gasteiger partial charge in [-0.1, -0.05) is 0 Å². The molecule has 0 fully saturated rings. The highest BCUT2D eigenvalue weighted by atomic mass is 32.2. The van der Waals surface area contributed by atoms with E-state index in [1.165, 1.54) is 28.6 Å². The van der Waals surface area contributed by atoms with E-state index in [-0.39, 0.29) is 11.5 Å². The van der Waals surface area contributed by atoms with Gasteiger partial charge in [-0.3, -0.25) is 9.59 Å². The number of carbonyl (C=O) groups excluding carboxylic acids is 1. The van der Waals surface area contributed by atoms with Gasteiger partial charge in [-0.05, 0) is 45.1 Å². The van der Waals surface area contributed by atoms with Crippen molar-refractivity contribution < 1.29 is 4.79 Å². The van der Waals surface area contributed by atoms with Gasteiger partial charge in [0, 0.05) is 18.0 Å². The van der Waals surface area contributed by atoms with Gasteiger partial charge in [0.15, 0.2) is 0 Å². The molecule has 2 aromatic heterocycles. The summed E-state index contributed by atoms with van der Waals surface area (Å²) >= 11 is 3.17. The maximum atomic E-state index is 12.5. The van der Waals surface area contributed by atoms with Crippen molar-refractivity contribution in [3.8, 4) is 0 Å². The Kier molecular flexibility index (Phi) is 5.61. The molecule has 1 aliphatic rings. The number of aromatic amines is 1. The molecule has 0 unspecified atom stereocenters. The van der Waals surface area contributed by atoms with Crippen LogP contribution in [-0.4, -0.2) is 39.6 Å². The van der Waals surface area contributed by atoms with Crippen molar-refractivity contribution in [2.75, 3.05) is 18.8 Å². The first kappa shape index (κ1) is 17.5. The van der Waals surface area contributed by atoms with E-state index in [2.05, 4.69) is 9.97 Å². The number of fused-ring (bicyclic) bond motifs is 3. The van der Waals surface area contributed by atoms with Crippen LogP contribution in [0.25, 0.3) is 10.2 Å². The molecule has 0 aliphatic heterocycles. The number of aromatic nitrogens is 2. The second kappa shape index (κ2) is 7.70. The maximum Gasteiger partial charge on any atom is 0.259 e. The van der Waals surface area contributed by atoms with Crippen LogP contribution in [0.1, 0.15) is 43.0 Å². The Morgan fingerprint density at radius 3 is 2.79 bits per heavy atom. The summed E-state index contributed by atoms with van der Waals surface area (Å²) in [5.74, 6) is 1.79. The van der Waals surface area contributed by atoms with Gasteiger partial charge in [0.1, 0.15) is 10.7 Å². The van der Waals surface area contributed by atoms with E-state index in [0.29, 0.717) is 17.3 Å². The number of aryl methyl sites for hydroxylation is 2. The number of rotatable bonds is 6. The minimum Gasteiger partial charge on any atom is -0.343 e. The summed E-state index contributed by atoms with van der Waals surface area (Å²) in [4.78, 5) is 36.0. The van der Waals surface area contributed by atoms with Crippen LogP contribution in [0.4, 0.5) is 0 Å². The van der Waals surface area contributed by atoms with Gasteiger partial charge in [-0.25, -0.2) is 4.98 Å². The Balaban J connectivity index is 1.72. The van der Waals surface area contributed by atoms with Crippen LogP contribution in [0.5, 0.6) is 0 Å². The van der Waals surface area contributed by atoms with Gasteiger partial charge in [-0.2, -0.15) is 0 Å². The molecule has 1 aliphatic carbocycles. The van der Waals surface area contributed by atoms with Gasteiger partial charge in [-0.15, -0.1) is 23.1 Å². The monoisotopic (exact) mass is 365 g/mol. The first-order valence-corrected chi connectivity index (χ1v) is 10.5. The lowest BCUT2D eigenvalue weighted by molar-refractivity contribution is -0.127. The predicted molar refractivity (Wildman–Crippen MR) is 101 cm³/mol. The number of thiophene rings is 1. The molecule has 0 bridgehead atoms. The number of thioether (sulfide) groups is 1. The number of carbonyl (C=O) groups is 1. The Morgan fingerprint density at radius 2 is 2.04 bits per heavy atom. The smallest absolute Gasteiger partial charge is 0.259 e. The normalized spacial score (nSPS) is 13.9. The minimum absolute atomic E-state index is 0.0231. The molecule has 0 saturated carbocycles. The molecular weight excluding hydrogens is 342 g/mol. The predicted octanol–water partition coefficient (Wildman–Crippen LogP) is 2.97. The zero-order valence-electron chi connectivity index (χ0n) is 14.2. The molecule has 2 heterocycles. The Morgan fingerprint density at radius 1 is 1.29 bits per heavy atom. The average Bonchev–Trinajstić information content (AvgIpc) is 2.94. The third kappa shape index (κ3) is 3.52. The van der Waals surface area contributed by atoms with Crippen LogP contribution in [0.3, 0.4) is 0 Å².